The Morgan fingerprint density at radius 3 is 2.62 bits per heavy atom. The standard InChI is InChI=1S/C19H24N6OS3.C2H6.H2O.2H2/c1-13(9-20-18-21-11-15(27-2)12-22-18)10-23-19-24-16-5-4-14(8-17(16)28-19)25-6-3-7-29(25)26;1-2;;;/h4-5,8,11-13H,3,6-7,9-10H2,1-2H3,(H,23,24)(H,20,21,22);1-2H3;1H2;2*1H. The van der Waals surface area contributed by atoms with Gasteiger partial charge >= 0.3 is 0 Å². The number of rotatable bonds is 8. The van der Waals surface area contributed by atoms with Crippen LogP contribution in [0.3, 0.4) is 0 Å². The van der Waals surface area contributed by atoms with Crippen molar-refractivity contribution in [1.29, 1.82) is 0 Å². The molecule has 32 heavy (non-hydrogen) atoms. The predicted molar refractivity (Wildman–Crippen MR) is 144 cm³/mol. The number of nitrogens with one attached hydrogen (secondary N) is 2. The summed E-state index contributed by atoms with van der Waals surface area (Å²) in [5, 5.41) is 7.62. The zero-order chi connectivity index (χ0) is 22.2. The Labute approximate surface area is 203 Å². The number of fused-ring (bicyclic) bond motifs is 1. The number of nitrogens with zero attached hydrogens (tertiary/aromatic N) is 4. The van der Waals surface area contributed by atoms with E-state index in [4.69, 9.17) is 0 Å². The van der Waals surface area contributed by atoms with Gasteiger partial charge in [0, 0.05) is 45.5 Å². The molecule has 0 saturated carbocycles. The van der Waals surface area contributed by atoms with Crippen LogP contribution in [0, 0.1) is 5.92 Å². The highest BCUT2D eigenvalue weighted by molar-refractivity contribution is 7.98. The smallest absolute Gasteiger partial charge is 0.222 e. The average molecular weight is 501 g/mol. The summed E-state index contributed by atoms with van der Waals surface area (Å²) in [4.78, 5) is 14.4. The van der Waals surface area contributed by atoms with E-state index in [-0.39, 0.29) is 8.33 Å². The lowest BCUT2D eigenvalue weighted by molar-refractivity contribution is 0.645. The molecule has 2 unspecified atom stereocenters. The summed E-state index contributed by atoms with van der Waals surface area (Å²) in [5.41, 5.74) is 1.99. The van der Waals surface area contributed by atoms with Crippen LogP contribution in [-0.2, 0) is 11.0 Å². The topological polar surface area (TPSA) is 115 Å². The van der Waals surface area contributed by atoms with Crippen molar-refractivity contribution in [3.63, 3.8) is 0 Å². The van der Waals surface area contributed by atoms with Crippen LogP contribution in [0.15, 0.2) is 35.5 Å². The van der Waals surface area contributed by atoms with E-state index in [9.17, 15) is 4.21 Å². The SMILES string of the molecule is CC.CSc1cnc(NCC(C)CNc2nc3ccc(N4CCCS4=O)cc3s2)nc1.O.[HH].[HH]. The fourth-order valence-electron chi connectivity index (χ4n) is 3.05. The molecule has 8 nitrogen and oxygen atoms in total. The van der Waals surface area contributed by atoms with Crippen molar-refractivity contribution in [3.8, 4) is 0 Å². The molecule has 1 saturated heterocycles. The molecule has 1 aliphatic rings. The average Bonchev–Trinajstić information content (AvgIpc) is 3.43. The molecule has 180 valence electrons. The molecule has 2 aromatic heterocycles. The van der Waals surface area contributed by atoms with Crippen LogP contribution in [0.5, 0.6) is 0 Å². The number of hydrogen-bond donors (Lipinski definition) is 2. The lowest BCUT2D eigenvalue weighted by Gasteiger charge is -2.15. The van der Waals surface area contributed by atoms with Gasteiger partial charge in [-0.05, 0) is 36.8 Å². The van der Waals surface area contributed by atoms with Crippen molar-refractivity contribution < 1.29 is 12.5 Å². The molecule has 3 heterocycles. The van der Waals surface area contributed by atoms with Gasteiger partial charge in [0.15, 0.2) is 5.13 Å². The van der Waals surface area contributed by atoms with Crippen molar-refractivity contribution in [2.24, 2.45) is 5.92 Å². The summed E-state index contributed by atoms with van der Waals surface area (Å²) in [6.07, 6.45) is 6.65. The Bertz CT molecular complexity index is 1010. The molecule has 1 aliphatic heterocycles. The van der Waals surface area contributed by atoms with Crippen LogP contribution in [0.4, 0.5) is 16.8 Å². The highest BCUT2D eigenvalue weighted by Gasteiger charge is 2.21. The number of anilines is 3. The number of thioether (sulfide) groups is 1. The van der Waals surface area contributed by atoms with Crippen molar-refractivity contribution in [3.05, 3.63) is 30.6 Å². The quantitative estimate of drug-likeness (QED) is 0.436. The summed E-state index contributed by atoms with van der Waals surface area (Å²) in [6, 6.07) is 6.13. The van der Waals surface area contributed by atoms with E-state index in [2.05, 4.69) is 38.6 Å². The Morgan fingerprint density at radius 2 is 1.97 bits per heavy atom. The second kappa shape index (κ2) is 12.9. The van der Waals surface area contributed by atoms with Gasteiger partial charge in [-0.1, -0.05) is 32.1 Å². The summed E-state index contributed by atoms with van der Waals surface area (Å²) in [6.45, 7) is 8.61. The van der Waals surface area contributed by atoms with Crippen LogP contribution in [-0.4, -0.2) is 56.3 Å². The second-order valence-electron chi connectivity index (χ2n) is 6.97. The van der Waals surface area contributed by atoms with Crippen LogP contribution in [0.2, 0.25) is 0 Å². The Morgan fingerprint density at radius 1 is 1.25 bits per heavy atom. The van der Waals surface area contributed by atoms with Crippen LogP contribution >= 0.6 is 23.1 Å². The minimum atomic E-state index is -0.894. The summed E-state index contributed by atoms with van der Waals surface area (Å²) in [5.74, 6) is 1.79. The molecule has 4 N–H and O–H groups in total. The molecular formula is C21H36N6O2S3. The summed E-state index contributed by atoms with van der Waals surface area (Å²) in [7, 11) is -0.894. The van der Waals surface area contributed by atoms with Gasteiger partial charge in [0.1, 0.15) is 11.0 Å². The van der Waals surface area contributed by atoms with Gasteiger partial charge in [0.25, 0.3) is 0 Å². The van der Waals surface area contributed by atoms with Gasteiger partial charge in [-0.2, -0.15) is 0 Å². The van der Waals surface area contributed by atoms with Gasteiger partial charge in [-0.15, -0.1) is 11.8 Å². The summed E-state index contributed by atoms with van der Waals surface area (Å²) < 4.78 is 15.2. The highest BCUT2D eigenvalue weighted by Crippen LogP contribution is 2.31. The third kappa shape index (κ3) is 6.77. The second-order valence-corrected chi connectivity index (χ2v) is 10.4. The minimum absolute atomic E-state index is 0. The van der Waals surface area contributed by atoms with Crippen molar-refractivity contribution in [1.82, 2.24) is 15.0 Å². The molecule has 0 aliphatic carbocycles. The molecule has 1 aromatic carbocycles. The highest BCUT2D eigenvalue weighted by atomic mass is 32.2. The van der Waals surface area contributed by atoms with Gasteiger partial charge < -0.3 is 16.1 Å². The third-order valence-corrected chi connectivity index (χ3v) is 7.84. The maximum absolute atomic E-state index is 12.1. The van der Waals surface area contributed by atoms with Crippen molar-refractivity contribution in [2.75, 3.05) is 46.6 Å². The molecule has 11 heteroatoms. The normalized spacial score (nSPS) is 16.1. The predicted octanol–water partition coefficient (Wildman–Crippen LogP) is 4.54. The Hall–Kier alpha value is -1.95. The van der Waals surface area contributed by atoms with E-state index >= 15 is 0 Å². The van der Waals surface area contributed by atoms with Crippen molar-refractivity contribution in [2.45, 2.75) is 32.1 Å². The number of aromatic nitrogens is 3. The molecule has 0 amide bonds. The van der Waals surface area contributed by atoms with Gasteiger partial charge in [0.2, 0.25) is 5.95 Å². The number of hydrogen-bond acceptors (Lipinski definition) is 8. The van der Waals surface area contributed by atoms with Gasteiger partial charge in [-0.25, -0.2) is 19.2 Å². The fourth-order valence-corrected chi connectivity index (χ4v) is 5.55. The van der Waals surface area contributed by atoms with Gasteiger partial charge in [-0.3, -0.25) is 4.31 Å². The lowest BCUT2D eigenvalue weighted by atomic mass is 10.2. The van der Waals surface area contributed by atoms with Crippen LogP contribution in [0.1, 0.15) is 30.0 Å². The molecule has 3 aromatic rings. The monoisotopic (exact) mass is 500 g/mol. The first kappa shape index (κ1) is 26.3. The van der Waals surface area contributed by atoms with E-state index in [1.807, 2.05) is 48.9 Å². The maximum atomic E-state index is 12.1. The molecule has 1 fully saturated rings. The van der Waals surface area contributed by atoms with E-state index in [0.717, 1.165) is 57.7 Å². The molecule has 0 radical (unpaired) electrons. The van der Waals surface area contributed by atoms with E-state index < -0.39 is 11.0 Å². The zero-order valence-electron chi connectivity index (χ0n) is 18.9. The van der Waals surface area contributed by atoms with E-state index in [0.29, 0.717) is 11.9 Å². The van der Waals surface area contributed by atoms with Gasteiger partial charge in [0.05, 0.1) is 15.9 Å². The van der Waals surface area contributed by atoms with Crippen LogP contribution < -0.4 is 14.9 Å². The third-order valence-electron chi connectivity index (χ3n) is 4.66. The zero-order valence-corrected chi connectivity index (χ0v) is 21.4. The van der Waals surface area contributed by atoms with E-state index in [1.165, 1.54) is 0 Å². The first-order valence-electron chi connectivity index (χ1n) is 10.5. The van der Waals surface area contributed by atoms with E-state index in [1.54, 1.807) is 23.1 Å². The van der Waals surface area contributed by atoms with Crippen LogP contribution in [0.25, 0.3) is 10.2 Å². The first-order valence-corrected chi connectivity index (χ1v) is 13.8. The Balaban J connectivity index is 0.00000212. The first-order chi connectivity index (χ1) is 15.1. The number of benzene rings is 1. The maximum Gasteiger partial charge on any atom is 0.222 e. The molecule has 0 bridgehead atoms. The number of thiazole rings is 1. The molecule has 4 rings (SSSR count). The minimum Gasteiger partial charge on any atom is -0.412 e. The lowest BCUT2D eigenvalue weighted by Crippen LogP contribution is -2.20. The molecular weight excluding hydrogens is 464 g/mol. The fraction of sp³-hybridized carbons (Fsp3) is 0.476. The summed E-state index contributed by atoms with van der Waals surface area (Å²) >= 11 is 3.27. The van der Waals surface area contributed by atoms with Crippen molar-refractivity contribution >= 4 is 61.1 Å². The molecule has 2 atom stereocenters. The largest absolute Gasteiger partial charge is 0.412 e. The molecule has 0 spiro atoms. The Kier molecular flexibility index (Phi) is 10.6.